The Morgan fingerprint density at radius 2 is 0.539 bits per heavy atom. The van der Waals surface area contributed by atoms with Gasteiger partial charge in [0, 0.05) is 25.7 Å². The molecule has 0 bridgehead atoms. The van der Waals surface area contributed by atoms with Crippen molar-refractivity contribution in [1.82, 2.24) is 0 Å². The van der Waals surface area contributed by atoms with Gasteiger partial charge in [0.2, 0.25) is 0 Å². The first-order valence-electron chi connectivity index (χ1n) is 36.5. The molecule has 0 aromatic heterocycles. The van der Waals surface area contributed by atoms with E-state index in [-0.39, 0.29) is 25.7 Å². The lowest BCUT2D eigenvalue weighted by Gasteiger charge is -2.21. The average Bonchev–Trinajstić information content (AvgIpc) is 3.73. The number of phosphoric ester groups is 2. The Hall–Kier alpha value is -1.94. The number of phosphoric acid groups is 2. The minimum absolute atomic E-state index is 0.102. The highest BCUT2D eigenvalue weighted by Gasteiger charge is 2.30. The molecule has 0 aromatic carbocycles. The standard InChI is InChI=1S/C70H136O17P2/c1-8-12-13-14-27-37-44-51-67(72)80-57-66(87-70(75)54-47-40-33-31-36-43-50-63(7)11-4)60-85-89(78,79)83-56-64(71)55-82-88(76,77)84-59-65(58-81-68(73)52-45-38-32-30-35-42-49-62(6)10-3)86-69(74)53-46-39-29-26-24-22-20-18-16-15-17-19-21-23-25-28-34-41-48-61(5)9-2/h61-66,71H,8-60H2,1-7H3,(H,76,77)(H,78,79)/t61?,62?,63?,64-,65-,66-/m1/s1. The summed E-state index contributed by atoms with van der Waals surface area (Å²) in [5.41, 5.74) is 0. The second-order valence-electron chi connectivity index (χ2n) is 26.0. The van der Waals surface area contributed by atoms with Crippen LogP contribution in [0.4, 0.5) is 0 Å². The van der Waals surface area contributed by atoms with Crippen molar-refractivity contribution < 1.29 is 80.2 Å². The van der Waals surface area contributed by atoms with Crippen LogP contribution in [0.15, 0.2) is 0 Å². The number of hydrogen-bond acceptors (Lipinski definition) is 15. The van der Waals surface area contributed by atoms with Gasteiger partial charge >= 0.3 is 39.5 Å². The zero-order valence-electron chi connectivity index (χ0n) is 57.9. The number of hydrogen-bond donors (Lipinski definition) is 3. The summed E-state index contributed by atoms with van der Waals surface area (Å²) < 4.78 is 68.1. The predicted molar refractivity (Wildman–Crippen MR) is 358 cm³/mol. The normalized spacial score (nSPS) is 15.1. The van der Waals surface area contributed by atoms with Crippen LogP contribution in [0.25, 0.3) is 0 Å². The van der Waals surface area contributed by atoms with E-state index >= 15 is 0 Å². The predicted octanol–water partition coefficient (Wildman–Crippen LogP) is 19.8. The molecule has 3 N–H and O–H groups in total. The molecule has 0 amide bonds. The van der Waals surface area contributed by atoms with Crippen LogP contribution in [0, 0.1) is 17.8 Å². The summed E-state index contributed by atoms with van der Waals surface area (Å²) in [7, 11) is -9.89. The minimum Gasteiger partial charge on any atom is -0.462 e. The Morgan fingerprint density at radius 3 is 0.798 bits per heavy atom. The minimum atomic E-state index is -4.95. The van der Waals surface area contributed by atoms with Crippen LogP contribution in [0.1, 0.15) is 350 Å². The van der Waals surface area contributed by atoms with E-state index in [1.807, 2.05) is 0 Å². The summed E-state index contributed by atoms with van der Waals surface area (Å²) in [4.78, 5) is 72.3. The molecule has 0 aliphatic carbocycles. The van der Waals surface area contributed by atoms with Crippen LogP contribution < -0.4 is 0 Å². The van der Waals surface area contributed by atoms with Crippen molar-refractivity contribution in [2.75, 3.05) is 39.6 Å². The molecule has 0 fully saturated rings. The molecular weight excluding hydrogens is 1170 g/mol. The number of ether oxygens (including phenoxy) is 4. The van der Waals surface area contributed by atoms with E-state index in [0.29, 0.717) is 25.7 Å². The first-order valence-corrected chi connectivity index (χ1v) is 39.5. The molecule has 0 aromatic rings. The fraction of sp³-hybridized carbons (Fsp3) is 0.943. The van der Waals surface area contributed by atoms with Crippen LogP contribution in [0.3, 0.4) is 0 Å². The lowest BCUT2D eigenvalue weighted by atomic mass is 9.99. The number of carbonyl (C=O) groups is 4. The fourth-order valence-corrected chi connectivity index (χ4v) is 12.0. The number of esters is 4. The molecule has 528 valence electrons. The van der Waals surface area contributed by atoms with Crippen molar-refractivity contribution in [2.24, 2.45) is 17.8 Å². The summed E-state index contributed by atoms with van der Waals surface area (Å²) in [5, 5.41) is 10.6. The van der Waals surface area contributed by atoms with Gasteiger partial charge in [0.15, 0.2) is 12.2 Å². The summed E-state index contributed by atoms with van der Waals surface area (Å²) in [6.07, 6.45) is 44.8. The number of aliphatic hydroxyl groups is 1. The van der Waals surface area contributed by atoms with E-state index in [1.54, 1.807) is 0 Å². The van der Waals surface area contributed by atoms with E-state index in [4.69, 9.17) is 37.0 Å². The van der Waals surface area contributed by atoms with Crippen molar-refractivity contribution in [3.05, 3.63) is 0 Å². The van der Waals surface area contributed by atoms with Gasteiger partial charge in [-0.15, -0.1) is 0 Å². The highest BCUT2D eigenvalue weighted by molar-refractivity contribution is 7.47. The number of carbonyl (C=O) groups excluding carboxylic acids is 4. The van der Waals surface area contributed by atoms with Gasteiger partial charge < -0.3 is 33.8 Å². The third kappa shape index (κ3) is 60.7. The van der Waals surface area contributed by atoms with Crippen LogP contribution in [-0.4, -0.2) is 96.7 Å². The van der Waals surface area contributed by atoms with Crippen molar-refractivity contribution in [2.45, 2.75) is 369 Å². The maximum absolute atomic E-state index is 13.0. The van der Waals surface area contributed by atoms with Gasteiger partial charge in [0.25, 0.3) is 0 Å². The largest absolute Gasteiger partial charge is 0.472 e. The molecule has 8 atom stereocenters. The van der Waals surface area contributed by atoms with Crippen molar-refractivity contribution in [3.63, 3.8) is 0 Å². The lowest BCUT2D eigenvalue weighted by Crippen LogP contribution is -2.30. The van der Waals surface area contributed by atoms with E-state index in [2.05, 4.69) is 48.5 Å². The van der Waals surface area contributed by atoms with Crippen LogP contribution >= 0.6 is 15.6 Å². The molecule has 89 heavy (non-hydrogen) atoms. The third-order valence-corrected chi connectivity index (χ3v) is 19.1. The second kappa shape index (κ2) is 61.0. The van der Waals surface area contributed by atoms with Crippen LogP contribution in [0.2, 0.25) is 0 Å². The molecule has 0 aliphatic rings. The van der Waals surface area contributed by atoms with E-state index in [9.17, 15) is 43.2 Å². The van der Waals surface area contributed by atoms with Crippen LogP contribution in [0.5, 0.6) is 0 Å². The van der Waals surface area contributed by atoms with Crippen molar-refractivity contribution in [1.29, 1.82) is 0 Å². The molecule has 19 heteroatoms. The topological polar surface area (TPSA) is 237 Å². The Kier molecular flexibility index (Phi) is 59.6. The highest BCUT2D eigenvalue weighted by Crippen LogP contribution is 2.45. The summed E-state index contributed by atoms with van der Waals surface area (Å²) in [5.74, 6) is 0.186. The quantitative estimate of drug-likeness (QED) is 0.0222. The maximum atomic E-state index is 13.0. The van der Waals surface area contributed by atoms with E-state index in [0.717, 1.165) is 127 Å². The molecule has 5 unspecified atom stereocenters. The maximum Gasteiger partial charge on any atom is 0.472 e. The molecule has 0 saturated carbocycles. The number of unbranched alkanes of at least 4 members (excludes halogenated alkanes) is 33. The van der Waals surface area contributed by atoms with E-state index < -0.39 is 97.5 Å². The monoisotopic (exact) mass is 1310 g/mol. The first kappa shape index (κ1) is 87.1. The van der Waals surface area contributed by atoms with Gasteiger partial charge in [-0.1, -0.05) is 299 Å². The first-order chi connectivity index (χ1) is 42.8. The Morgan fingerprint density at radius 1 is 0.315 bits per heavy atom. The smallest absolute Gasteiger partial charge is 0.462 e. The SMILES string of the molecule is CCCCCCCCCC(=O)OC[C@H](COP(=O)(O)OC[C@H](O)COP(=O)(O)OC[C@@H](COC(=O)CCCCCCCCC(C)CC)OC(=O)CCCCCCCCCCCCCCCCCCCCC(C)CC)OC(=O)CCCCCCCCC(C)CC. The molecule has 0 saturated heterocycles. The fourth-order valence-electron chi connectivity index (χ4n) is 10.4. The molecule has 0 heterocycles. The molecule has 0 spiro atoms. The summed E-state index contributed by atoms with van der Waals surface area (Å²) in [6, 6.07) is 0. The van der Waals surface area contributed by atoms with Gasteiger partial charge in [-0.2, -0.15) is 0 Å². The van der Waals surface area contributed by atoms with Crippen molar-refractivity contribution >= 4 is 39.5 Å². The lowest BCUT2D eigenvalue weighted by molar-refractivity contribution is -0.161. The number of rotatable bonds is 68. The summed E-state index contributed by atoms with van der Waals surface area (Å²) >= 11 is 0. The Bertz CT molecular complexity index is 1760. The van der Waals surface area contributed by atoms with E-state index in [1.165, 1.54) is 141 Å². The Balaban J connectivity index is 5.11. The second-order valence-corrected chi connectivity index (χ2v) is 28.9. The Labute approximate surface area is 543 Å². The van der Waals surface area contributed by atoms with Gasteiger partial charge in [0.05, 0.1) is 26.4 Å². The summed E-state index contributed by atoms with van der Waals surface area (Å²) in [6.45, 7) is 11.8. The van der Waals surface area contributed by atoms with Crippen LogP contribution in [-0.2, 0) is 65.4 Å². The van der Waals surface area contributed by atoms with Gasteiger partial charge in [0.1, 0.15) is 19.3 Å². The molecular formula is C70H136O17P2. The highest BCUT2D eigenvalue weighted by atomic mass is 31.2. The number of aliphatic hydroxyl groups excluding tert-OH is 1. The molecule has 0 radical (unpaired) electrons. The van der Waals surface area contributed by atoms with Gasteiger partial charge in [-0.25, -0.2) is 9.13 Å². The molecule has 0 aliphatic heterocycles. The van der Waals surface area contributed by atoms with Crippen molar-refractivity contribution in [3.8, 4) is 0 Å². The molecule has 17 nitrogen and oxygen atoms in total. The van der Waals surface area contributed by atoms with Gasteiger partial charge in [-0.3, -0.25) is 37.3 Å². The molecule has 0 rings (SSSR count). The zero-order chi connectivity index (χ0) is 65.9. The third-order valence-electron chi connectivity index (χ3n) is 17.2. The van der Waals surface area contributed by atoms with Gasteiger partial charge in [-0.05, 0) is 43.4 Å². The zero-order valence-corrected chi connectivity index (χ0v) is 59.7. The average molecular weight is 1310 g/mol.